The van der Waals surface area contributed by atoms with Gasteiger partial charge in [0.2, 0.25) is 16.0 Å². The van der Waals surface area contributed by atoms with E-state index in [9.17, 15) is 13.2 Å². The lowest BCUT2D eigenvalue weighted by atomic mass is 10.1. The van der Waals surface area contributed by atoms with E-state index in [-0.39, 0.29) is 12.1 Å². The fourth-order valence-electron chi connectivity index (χ4n) is 3.56. The van der Waals surface area contributed by atoms with Gasteiger partial charge in [-0.15, -0.1) is 0 Å². The topological polar surface area (TPSA) is 112 Å². The number of hydrogen-bond acceptors (Lipinski definition) is 7. The number of anilines is 3. The van der Waals surface area contributed by atoms with Crippen LogP contribution < -0.4 is 10.2 Å². The summed E-state index contributed by atoms with van der Waals surface area (Å²) in [5.74, 6) is 1.43. The zero-order valence-electron chi connectivity index (χ0n) is 16.3. The molecule has 2 amide bonds. The van der Waals surface area contributed by atoms with Crippen molar-refractivity contribution in [1.29, 1.82) is 0 Å². The van der Waals surface area contributed by atoms with Crippen LogP contribution in [0.5, 0.6) is 0 Å². The van der Waals surface area contributed by atoms with E-state index in [1.165, 1.54) is 15.5 Å². The first kappa shape index (κ1) is 19.5. The summed E-state index contributed by atoms with van der Waals surface area (Å²) in [6.07, 6.45) is 5.91. The fourth-order valence-corrected chi connectivity index (χ4v) is 4.44. The third-order valence-corrected chi connectivity index (χ3v) is 6.42. The van der Waals surface area contributed by atoms with Crippen molar-refractivity contribution >= 4 is 33.6 Å². The number of nitrogens with zero attached hydrogens (tertiary/aromatic N) is 6. The first-order chi connectivity index (χ1) is 13.8. The van der Waals surface area contributed by atoms with Crippen LogP contribution >= 0.6 is 0 Å². The number of carbonyl (C=O) groups is 1. The van der Waals surface area contributed by atoms with Crippen LogP contribution in [-0.2, 0) is 16.6 Å². The molecule has 2 aromatic heterocycles. The monoisotopic (exact) mass is 417 g/mol. The summed E-state index contributed by atoms with van der Waals surface area (Å²) in [4.78, 5) is 29.2. The van der Waals surface area contributed by atoms with Crippen LogP contribution in [-0.4, -0.2) is 71.0 Å². The summed E-state index contributed by atoms with van der Waals surface area (Å²) in [7, 11) is -1.44. The number of urea groups is 1. The van der Waals surface area contributed by atoms with Crippen molar-refractivity contribution in [1.82, 2.24) is 24.2 Å². The summed E-state index contributed by atoms with van der Waals surface area (Å²) in [5, 5.41) is 3.29. The van der Waals surface area contributed by atoms with Crippen molar-refractivity contribution < 1.29 is 13.2 Å². The van der Waals surface area contributed by atoms with Crippen molar-refractivity contribution in [3.05, 3.63) is 36.2 Å². The normalized spacial score (nSPS) is 18.6. The van der Waals surface area contributed by atoms with Crippen LogP contribution in [0.2, 0.25) is 0 Å². The largest absolute Gasteiger partial charge is 0.351 e. The summed E-state index contributed by atoms with van der Waals surface area (Å²) in [6, 6.07) is 5.23. The van der Waals surface area contributed by atoms with Gasteiger partial charge in [-0.3, -0.25) is 0 Å². The van der Waals surface area contributed by atoms with Gasteiger partial charge < -0.3 is 10.2 Å². The highest BCUT2D eigenvalue weighted by Crippen LogP contribution is 2.32. The Labute approximate surface area is 169 Å². The van der Waals surface area contributed by atoms with Crippen LogP contribution in [0, 0.1) is 0 Å². The van der Waals surface area contributed by atoms with Crippen LogP contribution in [0.1, 0.15) is 18.4 Å². The zero-order chi connectivity index (χ0) is 20.6. The molecular formula is C18H23N7O3S. The van der Waals surface area contributed by atoms with E-state index in [1.807, 2.05) is 6.07 Å². The molecule has 11 heteroatoms. The Balaban J connectivity index is 1.56. The fraction of sp³-hybridized carbons (Fsp3) is 0.444. The first-order valence-electron chi connectivity index (χ1n) is 9.37. The van der Waals surface area contributed by atoms with E-state index in [1.54, 1.807) is 36.5 Å². The number of hydrogen-bond donors (Lipinski definition) is 1. The second-order valence-electron chi connectivity index (χ2n) is 7.29. The van der Waals surface area contributed by atoms with E-state index in [0.29, 0.717) is 50.1 Å². The Bertz CT molecular complexity index is 1010. The lowest BCUT2D eigenvalue weighted by Crippen LogP contribution is -2.44. The van der Waals surface area contributed by atoms with E-state index in [4.69, 9.17) is 0 Å². The second kappa shape index (κ2) is 7.56. The van der Waals surface area contributed by atoms with E-state index < -0.39 is 10.0 Å². The van der Waals surface area contributed by atoms with Gasteiger partial charge in [0.15, 0.2) is 5.82 Å². The average molecular weight is 417 g/mol. The van der Waals surface area contributed by atoms with Gasteiger partial charge in [-0.05, 0) is 25.0 Å². The molecule has 2 aliphatic rings. The Hall–Kier alpha value is -2.79. The van der Waals surface area contributed by atoms with Gasteiger partial charge >= 0.3 is 6.03 Å². The Morgan fingerprint density at radius 1 is 1.17 bits per heavy atom. The average Bonchev–Trinajstić information content (AvgIpc) is 2.70. The summed E-state index contributed by atoms with van der Waals surface area (Å²) >= 11 is 0. The molecule has 0 atom stereocenters. The quantitative estimate of drug-likeness (QED) is 0.800. The molecular weight excluding hydrogens is 394 g/mol. The highest BCUT2D eigenvalue weighted by atomic mass is 32.2. The number of aromatic nitrogens is 3. The molecule has 0 spiro atoms. The SMILES string of the molecule is CN1Cc2cnc(NC3CCN(S(C)(=O)=O)CC3)nc2N(c2ccccn2)C1=O. The van der Waals surface area contributed by atoms with Gasteiger partial charge in [-0.1, -0.05) is 6.07 Å². The van der Waals surface area contributed by atoms with Gasteiger partial charge in [0, 0.05) is 44.1 Å². The maximum absolute atomic E-state index is 12.8. The molecule has 0 saturated carbocycles. The standard InChI is InChI=1S/C18H23N7O3S/c1-23-12-13-11-20-17(21-14-6-9-24(10-7-14)29(2,27)28)22-16(13)25(18(23)26)15-5-3-4-8-19-15/h3-5,8,11,14H,6-7,9-10,12H2,1-2H3,(H,20,21,22). The molecule has 0 unspecified atom stereocenters. The molecule has 10 nitrogen and oxygen atoms in total. The molecule has 2 aromatic rings. The van der Waals surface area contributed by atoms with Gasteiger partial charge in [-0.2, -0.15) is 4.98 Å². The van der Waals surface area contributed by atoms with Gasteiger partial charge in [0.05, 0.1) is 12.8 Å². The van der Waals surface area contributed by atoms with Crippen LogP contribution in [0.25, 0.3) is 0 Å². The molecule has 4 rings (SSSR count). The molecule has 0 bridgehead atoms. The van der Waals surface area contributed by atoms with E-state index >= 15 is 0 Å². The Kier molecular flexibility index (Phi) is 5.09. The van der Waals surface area contributed by atoms with Crippen LogP contribution in [0.3, 0.4) is 0 Å². The number of piperidine rings is 1. The minimum atomic E-state index is -3.16. The molecule has 0 aliphatic carbocycles. The number of rotatable bonds is 4. The number of pyridine rings is 1. The first-order valence-corrected chi connectivity index (χ1v) is 11.2. The van der Waals surface area contributed by atoms with E-state index in [2.05, 4.69) is 20.3 Å². The van der Waals surface area contributed by atoms with Crippen molar-refractivity contribution in [2.45, 2.75) is 25.4 Å². The lowest BCUT2D eigenvalue weighted by Gasteiger charge is -2.34. The van der Waals surface area contributed by atoms with Gasteiger partial charge in [0.1, 0.15) is 5.82 Å². The Morgan fingerprint density at radius 3 is 2.59 bits per heavy atom. The summed E-state index contributed by atoms with van der Waals surface area (Å²) < 4.78 is 24.8. The smallest absolute Gasteiger partial charge is 0.331 e. The number of carbonyl (C=O) groups excluding carboxylic acids is 1. The minimum absolute atomic E-state index is 0.0660. The zero-order valence-corrected chi connectivity index (χ0v) is 17.1. The highest BCUT2D eigenvalue weighted by molar-refractivity contribution is 7.88. The molecule has 1 N–H and O–H groups in total. The molecule has 0 aromatic carbocycles. The van der Waals surface area contributed by atoms with Crippen LogP contribution in [0.15, 0.2) is 30.6 Å². The van der Waals surface area contributed by atoms with Crippen molar-refractivity contribution in [2.24, 2.45) is 0 Å². The predicted octanol–water partition coefficient (Wildman–Crippen LogP) is 1.41. The number of sulfonamides is 1. The van der Waals surface area contributed by atoms with Crippen LogP contribution in [0.4, 0.5) is 22.4 Å². The predicted molar refractivity (Wildman–Crippen MR) is 108 cm³/mol. The van der Waals surface area contributed by atoms with Gasteiger partial charge in [-0.25, -0.2) is 32.4 Å². The number of fused-ring (bicyclic) bond motifs is 1. The molecule has 154 valence electrons. The third kappa shape index (κ3) is 4.01. The van der Waals surface area contributed by atoms with Gasteiger partial charge in [0.25, 0.3) is 0 Å². The molecule has 1 saturated heterocycles. The maximum atomic E-state index is 12.8. The van der Waals surface area contributed by atoms with Crippen molar-refractivity contribution in [2.75, 3.05) is 36.6 Å². The Morgan fingerprint density at radius 2 is 1.93 bits per heavy atom. The van der Waals surface area contributed by atoms with Crippen molar-refractivity contribution in [3.63, 3.8) is 0 Å². The van der Waals surface area contributed by atoms with Crippen molar-refractivity contribution in [3.8, 4) is 0 Å². The highest BCUT2D eigenvalue weighted by Gasteiger charge is 2.32. The molecule has 2 aliphatic heterocycles. The number of amides is 2. The third-order valence-electron chi connectivity index (χ3n) is 5.11. The number of nitrogens with one attached hydrogen (secondary N) is 1. The van der Waals surface area contributed by atoms with E-state index in [0.717, 1.165) is 5.56 Å². The molecule has 0 radical (unpaired) electrons. The summed E-state index contributed by atoms with van der Waals surface area (Å²) in [5.41, 5.74) is 0.829. The molecule has 29 heavy (non-hydrogen) atoms. The second-order valence-corrected chi connectivity index (χ2v) is 9.27. The maximum Gasteiger partial charge on any atom is 0.331 e. The molecule has 1 fully saturated rings. The lowest BCUT2D eigenvalue weighted by molar-refractivity contribution is 0.213. The molecule has 4 heterocycles. The minimum Gasteiger partial charge on any atom is -0.351 e. The summed E-state index contributed by atoms with van der Waals surface area (Å²) in [6.45, 7) is 1.35.